The molecule has 0 aliphatic carbocycles. The van der Waals surface area contributed by atoms with Crippen LogP contribution in [0.3, 0.4) is 0 Å². The highest BCUT2D eigenvalue weighted by molar-refractivity contribution is 7.80. The molecule has 4 N–H and O–H groups in total. The predicted octanol–water partition coefficient (Wildman–Crippen LogP) is 0.329. The zero-order valence-corrected chi connectivity index (χ0v) is 11.1. The second-order valence-electron chi connectivity index (χ2n) is 4.46. The van der Waals surface area contributed by atoms with Crippen LogP contribution in [0.5, 0.6) is 0 Å². The molecule has 0 spiro atoms. The molecule has 1 fully saturated rings. The van der Waals surface area contributed by atoms with Gasteiger partial charge in [-0.05, 0) is 18.6 Å². The van der Waals surface area contributed by atoms with Gasteiger partial charge in [0, 0.05) is 30.1 Å². The van der Waals surface area contributed by atoms with Gasteiger partial charge in [0.25, 0.3) is 5.91 Å². The van der Waals surface area contributed by atoms with Gasteiger partial charge >= 0.3 is 0 Å². The summed E-state index contributed by atoms with van der Waals surface area (Å²) >= 11 is 4.87. The van der Waals surface area contributed by atoms with Crippen LogP contribution in [-0.2, 0) is 4.79 Å². The lowest BCUT2D eigenvalue weighted by atomic mass is 10.1. The van der Waals surface area contributed by atoms with Gasteiger partial charge in [-0.1, -0.05) is 24.4 Å². The molecule has 2 rings (SSSR count). The van der Waals surface area contributed by atoms with Crippen LogP contribution in [0.2, 0.25) is 0 Å². The van der Waals surface area contributed by atoms with Crippen LogP contribution in [0.4, 0.5) is 0 Å². The summed E-state index contributed by atoms with van der Waals surface area (Å²) in [5.41, 5.74) is 6.70. The summed E-state index contributed by atoms with van der Waals surface area (Å²) in [7, 11) is 0. The van der Waals surface area contributed by atoms with E-state index in [1.54, 1.807) is 24.3 Å². The van der Waals surface area contributed by atoms with Crippen molar-refractivity contribution in [3.05, 3.63) is 35.4 Å². The highest BCUT2D eigenvalue weighted by Crippen LogP contribution is 2.07. The van der Waals surface area contributed by atoms with Gasteiger partial charge < -0.3 is 16.4 Å². The lowest BCUT2D eigenvalue weighted by molar-refractivity contribution is -0.119. The normalized spacial score (nSPS) is 17.9. The first-order valence-corrected chi connectivity index (χ1v) is 6.44. The Bertz CT molecular complexity index is 530. The molecule has 0 saturated carbocycles. The van der Waals surface area contributed by atoms with Gasteiger partial charge in [-0.2, -0.15) is 0 Å². The van der Waals surface area contributed by atoms with Crippen molar-refractivity contribution in [2.45, 2.75) is 18.9 Å². The van der Waals surface area contributed by atoms with E-state index >= 15 is 0 Å². The molecule has 5 nitrogen and oxygen atoms in total. The second kappa shape index (κ2) is 5.79. The van der Waals surface area contributed by atoms with E-state index in [2.05, 4.69) is 10.6 Å². The standard InChI is InChI=1S/C13H15N3O2S/c14-12(19)8-2-1-3-9(6-8)13(18)15-7-10-4-5-11(17)16-10/h1-3,6,10H,4-5,7H2,(H2,14,19)(H,15,18)(H,16,17). The average Bonchev–Trinajstić information content (AvgIpc) is 2.82. The lowest BCUT2D eigenvalue weighted by Gasteiger charge is -2.11. The monoisotopic (exact) mass is 277 g/mol. The smallest absolute Gasteiger partial charge is 0.251 e. The highest BCUT2D eigenvalue weighted by atomic mass is 32.1. The maximum Gasteiger partial charge on any atom is 0.251 e. The topological polar surface area (TPSA) is 84.2 Å². The van der Waals surface area contributed by atoms with Crippen molar-refractivity contribution in [2.75, 3.05) is 6.54 Å². The Morgan fingerprint density at radius 1 is 1.47 bits per heavy atom. The number of carbonyl (C=O) groups excluding carboxylic acids is 2. The zero-order chi connectivity index (χ0) is 13.8. The fraction of sp³-hybridized carbons (Fsp3) is 0.308. The Kier molecular flexibility index (Phi) is 4.11. The first-order chi connectivity index (χ1) is 9.06. The van der Waals surface area contributed by atoms with Crippen LogP contribution in [0.15, 0.2) is 24.3 Å². The number of nitrogens with one attached hydrogen (secondary N) is 2. The third-order valence-corrected chi connectivity index (χ3v) is 3.24. The zero-order valence-electron chi connectivity index (χ0n) is 10.3. The van der Waals surface area contributed by atoms with Gasteiger partial charge in [-0.15, -0.1) is 0 Å². The number of hydrogen-bond donors (Lipinski definition) is 3. The summed E-state index contributed by atoms with van der Waals surface area (Å²) in [6, 6.07) is 6.88. The largest absolute Gasteiger partial charge is 0.389 e. The Morgan fingerprint density at radius 2 is 2.21 bits per heavy atom. The third kappa shape index (κ3) is 3.51. The molecule has 1 aromatic carbocycles. The van der Waals surface area contributed by atoms with Crippen LogP contribution in [0.25, 0.3) is 0 Å². The Morgan fingerprint density at radius 3 is 2.84 bits per heavy atom. The van der Waals surface area contributed by atoms with Crippen LogP contribution in [-0.4, -0.2) is 29.4 Å². The fourth-order valence-corrected chi connectivity index (χ4v) is 2.09. The van der Waals surface area contributed by atoms with Crippen LogP contribution in [0.1, 0.15) is 28.8 Å². The molecule has 1 aliphatic rings. The van der Waals surface area contributed by atoms with Crippen molar-refractivity contribution >= 4 is 29.0 Å². The molecule has 1 aromatic rings. The Hall–Kier alpha value is -1.95. The molecule has 1 unspecified atom stereocenters. The van der Waals surface area contributed by atoms with E-state index in [1.165, 1.54) is 0 Å². The van der Waals surface area contributed by atoms with Crippen molar-refractivity contribution in [1.29, 1.82) is 0 Å². The summed E-state index contributed by atoms with van der Waals surface area (Å²) < 4.78 is 0. The average molecular weight is 277 g/mol. The van der Waals surface area contributed by atoms with Gasteiger partial charge in [-0.3, -0.25) is 9.59 Å². The number of rotatable bonds is 4. The predicted molar refractivity (Wildman–Crippen MR) is 75.8 cm³/mol. The van der Waals surface area contributed by atoms with Crippen LogP contribution >= 0.6 is 12.2 Å². The van der Waals surface area contributed by atoms with Gasteiger partial charge in [-0.25, -0.2) is 0 Å². The minimum Gasteiger partial charge on any atom is -0.389 e. The molecule has 0 aromatic heterocycles. The van der Waals surface area contributed by atoms with Crippen LogP contribution in [0, 0.1) is 0 Å². The number of nitrogens with two attached hydrogens (primary N) is 1. The SMILES string of the molecule is NC(=S)c1cccc(C(=O)NCC2CCC(=O)N2)c1. The van der Waals surface area contributed by atoms with Crippen molar-refractivity contribution < 1.29 is 9.59 Å². The molecule has 19 heavy (non-hydrogen) atoms. The molecule has 1 saturated heterocycles. The molecular formula is C13H15N3O2S. The molecule has 2 amide bonds. The first-order valence-electron chi connectivity index (χ1n) is 6.03. The summed E-state index contributed by atoms with van der Waals surface area (Å²) in [5, 5.41) is 5.59. The van der Waals surface area contributed by atoms with E-state index in [4.69, 9.17) is 18.0 Å². The van der Waals surface area contributed by atoms with E-state index in [0.717, 1.165) is 6.42 Å². The Balaban J connectivity index is 1.94. The summed E-state index contributed by atoms with van der Waals surface area (Å²) in [6.45, 7) is 0.432. The van der Waals surface area contributed by atoms with Crippen molar-refractivity contribution in [3.63, 3.8) is 0 Å². The van der Waals surface area contributed by atoms with Gasteiger partial charge in [0.05, 0.1) is 0 Å². The maximum atomic E-state index is 11.9. The van der Waals surface area contributed by atoms with Crippen molar-refractivity contribution in [2.24, 2.45) is 5.73 Å². The number of carbonyl (C=O) groups is 2. The quantitative estimate of drug-likeness (QED) is 0.692. The summed E-state index contributed by atoms with van der Waals surface area (Å²) in [5.74, 6) is -0.158. The van der Waals surface area contributed by atoms with Gasteiger partial charge in [0.15, 0.2) is 0 Å². The van der Waals surface area contributed by atoms with Crippen molar-refractivity contribution in [3.8, 4) is 0 Å². The van der Waals surface area contributed by atoms with Crippen molar-refractivity contribution in [1.82, 2.24) is 10.6 Å². The maximum absolute atomic E-state index is 11.9. The summed E-state index contributed by atoms with van der Waals surface area (Å²) in [6.07, 6.45) is 1.28. The van der Waals surface area contributed by atoms with E-state index < -0.39 is 0 Å². The number of benzene rings is 1. The first kappa shape index (κ1) is 13.5. The number of hydrogen-bond acceptors (Lipinski definition) is 3. The molecular weight excluding hydrogens is 262 g/mol. The number of amides is 2. The molecule has 6 heteroatoms. The highest BCUT2D eigenvalue weighted by Gasteiger charge is 2.21. The lowest BCUT2D eigenvalue weighted by Crippen LogP contribution is -2.38. The molecule has 1 aliphatic heterocycles. The van der Waals surface area contributed by atoms with Gasteiger partial charge in [0.2, 0.25) is 5.91 Å². The van der Waals surface area contributed by atoms with E-state index in [1.807, 2.05) is 0 Å². The molecule has 0 radical (unpaired) electrons. The van der Waals surface area contributed by atoms with Crippen LogP contribution < -0.4 is 16.4 Å². The second-order valence-corrected chi connectivity index (χ2v) is 4.90. The molecule has 1 heterocycles. The van der Waals surface area contributed by atoms with Gasteiger partial charge in [0.1, 0.15) is 4.99 Å². The van der Waals surface area contributed by atoms with E-state index in [0.29, 0.717) is 24.1 Å². The molecule has 1 atom stereocenters. The molecule has 0 bridgehead atoms. The molecule has 100 valence electrons. The Labute approximate surface area is 116 Å². The summed E-state index contributed by atoms with van der Waals surface area (Å²) in [4.78, 5) is 23.2. The number of thiocarbonyl (C=S) groups is 1. The third-order valence-electron chi connectivity index (χ3n) is 3.00. The van der Waals surface area contributed by atoms with E-state index in [9.17, 15) is 9.59 Å². The minimum atomic E-state index is -0.195. The minimum absolute atomic E-state index is 0.0233. The van der Waals surface area contributed by atoms with E-state index in [-0.39, 0.29) is 22.8 Å². The fourth-order valence-electron chi connectivity index (χ4n) is 1.96.